The summed E-state index contributed by atoms with van der Waals surface area (Å²) in [5, 5.41) is 3.34. The Bertz CT molecular complexity index is 467. The Morgan fingerprint density at radius 3 is 2.84 bits per heavy atom. The van der Waals surface area contributed by atoms with Crippen LogP contribution >= 0.6 is 0 Å². The Balaban J connectivity index is 2.03. The molecule has 0 aliphatic carbocycles. The largest absolute Gasteiger partial charge is 0.328 e. The number of piperidine rings is 1. The van der Waals surface area contributed by atoms with E-state index in [1.54, 1.807) is 0 Å². The van der Waals surface area contributed by atoms with Crippen LogP contribution in [-0.2, 0) is 4.79 Å². The average molecular weight is 256 g/mol. The Labute approximate surface area is 115 Å². The van der Waals surface area contributed by atoms with Gasteiger partial charge in [-0.2, -0.15) is 0 Å². The van der Waals surface area contributed by atoms with E-state index in [-0.39, 0.29) is 11.9 Å². The number of hydrogen-bond acceptors (Lipinski definition) is 2. The van der Waals surface area contributed by atoms with Crippen molar-refractivity contribution in [2.45, 2.75) is 25.8 Å². The van der Waals surface area contributed by atoms with Gasteiger partial charge in [0.05, 0.1) is 0 Å². The number of carbonyl (C=O) groups excluding carboxylic acids is 1. The first-order chi connectivity index (χ1) is 9.31. The molecule has 1 unspecified atom stereocenters. The lowest BCUT2D eigenvalue weighted by Gasteiger charge is -2.32. The summed E-state index contributed by atoms with van der Waals surface area (Å²) in [6.07, 6.45) is 2.19. The second-order valence-corrected chi connectivity index (χ2v) is 4.71. The highest BCUT2D eigenvalue weighted by Gasteiger charge is 2.22. The molecule has 0 saturated carbocycles. The fourth-order valence-electron chi connectivity index (χ4n) is 2.39. The molecule has 1 fully saturated rings. The monoisotopic (exact) mass is 256 g/mol. The van der Waals surface area contributed by atoms with Crippen LogP contribution in [-0.4, -0.2) is 36.5 Å². The molecule has 1 heterocycles. The van der Waals surface area contributed by atoms with Gasteiger partial charge in [-0.1, -0.05) is 24.1 Å². The average Bonchev–Trinajstić information content (AvgIpc) is 2.48. The molecule has 1 aliphatic heterocycles. The highest BCUT2D eigenvalue weighted by Crippen LogP contribution is 2.10. The molecule has 1 amide bonds. The van der Waals surface area contributed by atoms with Gasteiger partial charge in [-0.25, -0.2) is 0 Å². The number of benzene rings is 1. The number of nitrogens with one attached hydrogen (secondary N) is 1. The van der Waals surface area contributed by atoms with Crippen LogP contribution in [0, 0.1) is 11.8 Å². The van der Waals surface area contributed by atoms with Crippen molar-refractivity contribution in [2.75, 3.05) is 19.6 Å². The first-order valence-corrected chi connectivity index (χ1v) is 6.89. The minimum absolute atomic E-state index is 0.0694. The maximum Gasteiger partial charge on any atom is 0.299 e. The molecule has 1 atom stereocenters. The summed E-state index contributed by atoms with van der Waals surface area (Å²) in [6, 6.07) is 9.92. The lowest BCUT2D eigenvalue weighted by molar-refractivity contribution is -0.127. The van der Waals surface area contributed by atoms with Crippen molar-refractivity contribution in [3.8, 4) is 11.8 Å². The lowest BCUT2D eigenvalue weighted by atomic mass is 10.1. The van der Waals surface area contributed by atoms with Crippen molar-refractivity contribution in [3.63, 3.8) is 0 Å². The van der Waals surface area contributed by atoms with Gasteiger partial charge in [-0.3, -0.25) is 4.79 Å². The van der Waals surface area contributed by atoms with E-state index in [1.807, 2.05) is 42.2 Å². The van der Waals surface area contributed by atoms with E-state index >= 15 is 0 Å². The third-order valence-electron chi connectivity index (χ3n) is 3.40. The minimum atomic E-state index is -0.0694. The zero-order valence-electron chi connectivity index (χ0n) is 11.4. The molecule has 1 aromatic rings. The fourth-order valence-corrected chi connectivity index (χ4v) is 2.39. The van der Waals surface area contributed by atoms with E-state index in [0.717, 1.165) is 31.5 Å². The molecule has 2 rings (SSSR count). The van der Waals surface area contributed by atoms with Crippen LogP contribution in [0.25, 0.3) is 0 Å². The van der Waals surface area contributed by atoms with Crippen LogP contribution in [0.3, 0.4) is 0 Å². The van der Waals surface area contributed by atoms with Gasteiger partial charge in [0, 0.05) is 30.6 Å². The van der Waals surface area contributed by atoms with Crippen LogP contribution in [0.4, 0.5) is 0 Å². The number of amides is 1. The van der Waals surface area contributed by atoms with E-state index in [4.69, 9.17) is 0 Å². The standard InChI is InChI=1S/C16H20N2O/c1-2-18(15-9-6-12-17-13-15)16(19)11-10-14-7-4-3-5-8-14/h3-5,7-8,15,17H,2,6,9,12-13H2,1H3. The summed E-state index contributed by atoms with van der Waals surface area (Å²) in [5.41, 5.74) is 0.883. The lowest BCUT2D eigenvalue weighted by Crippen LogP contribution is -2.48. The van der Waals surface area contributed by atoms with Crippen molar-refractivity contribution in [1.82, 2.24) is 10.2 Å². The Morgan fingerprint density at radius 1 is 1.42 bits per heavy atom. The van der Waals surface area contributed by atoms with E-state index < -0.39 is 0 Å². The summed E-state index contributed by atoms with van der Waals surface area (Å²) >= 11 is 0. The summed E-state index contributed by atoms with van der Waals surface area (Å²) < 4.78 is 0. The zero-order valence-corrected chi connectivity index (χ0v) is 11.4. The number of hydrogen-bond donors (Lipinski definition) is 1. The summed E-state index contributed by atoms with van der Waals surface area (Å²) in [6.45, 7) is 4.66. The topological polar surface area (TPSA) is 32.3 Å². The molecule has 1 aliphatic rings. The smallest absolute Gasteiger partial charge is 0.299 e. The summed E-state index contributed by atoms with van der Waals surface area (Å²) in [7, 11) is 0. The Kier molecular flexibility index (Phi) is 5.00. The summed E-state index contributed by atoms with van der Waals surface area (Å²) in [5.74, 6) is 5.62. The molecule has 3 nitrogen and oxygen atoms in total. The van der Waals surface area contributed by atoms with E-state index in [9.17, 15) is 4.79 Å². The van der Waals surface area contributed by atoms with Gasteiger partial charge in [0.1, 0.15) is 0 Å². The highest BCUT2D eigenvalue weighted by molar-refractivity contribution is 5.94. The number of rotatable bonds is 2. The molecule has 0 aromatic heterocycles. The number of likely N-dealkylation sites (N-methyl/N-ethyl adjacent to an activating group) is 1. The maximum absolute atomic E-state index is 12.2. The molecule has 1 aromatic carbocycles. The molecule has 0 bridgehead atoms. The van der Waals surface area contributed by atoms with Crippen molar-refractivity contribution in [3.05, 3.63) is 35.9 Å². The first-order valence-electron chi connectivity index (χ1n) is 6.89. The predicted octanol–water partition coefficient (Wildman–Crippen LogP) is 1.64. The molecule has 0 spiro atoms. The molecule has 100 valence electrons. The van der Waals surface area contributed by atoms with Crippen molar-refractivity contribution < 1.29 is 4.79 Å². The van der Waals surface area contributed by atoms with Crippen molar-refractivity contribution >= 4 is 5.91 Å². The second-order valence-electron chi connectivity index (χ2n) is 4.71. The van der Waals surface area contributed by atoms with Gasteiger partial charge in [-0.05, 0) is 38.4 Å². The number of carbonyl (C=O) groups is 1. The van der Waals surface area contributed by atoms with Gasteiger partial charge in [0.2, 0.25) is 0 Å². The van der Waals surface area contributed by atoms with Crippen LogP contribution < -0.4 is 5.32 Å². The normalized spacial score (nSPS) is 18.3. The van der Waals surface area contributed by atoms with Gasteiger partial charge in [0.15, 0.2) is 0 Å². The minimum Gasteiger partial charge on any atom is -0.328 e. The van der Waals surface area contributed by atoms with Crippen LogP contribution in [0.1, 0.15) is 25.3 Å². The maximum atomic E-state index is 12.2. The van der Waals surface area contributed by atoms with Gasteiger partial charge in [-0.15, -0.1) is 0 Å². The third-order valence-corrected chi connectivity index (χ3v) is 3.40. The Morgan fingerprint density at radius 2 is 2.21 bits per heavy atom. The highest BCUT2D eigenvalue weighted by atomic mass is 16.2. The summed E-state index contributed by atoms with van der Waals surface area (Å²) in [4.78, 5) is 14.0. The molecular weight excluding hydrogens is 236 g/mol. The van der Waals surface area contributed by atoms with E-state index in [2.05, 4.69) is 17.2 Å². The zero-order chi connectivity index (χ0) is 13.5. The molecular formula is C16H20N2O. The van der Waals surface area contributed by atoms with Crippen LogP contribution in [0.2, 0.25) is 0 Å². The van der Waals surface area contributed by atoms with E-state index in [1.165, 1.54) is 0 Å². The SMILES string of the molecule is CCN(C(=O)C#Cc1ccccc1)C1CCCNC1. The molecule has 3 heteroatoms. The van der Waals surface area contributed by atoms with Gasteiger partial charge in [0.25, 0.3) is 5.91 Å². The third kappa shape index (κ3) is 3.84. The second kappa shape index (κ2) is 6.96. The molecule has 19 heavy (non-hydrogen) atoms. The molecule has 0 radical (unpaired) electrons. The van der Waals surface area contributed by atoms with Gasteiger partial charge < -0.3 is 10.2 Å². The fraction of sp³-hybridized carbons (Fsp3) is 0.438. The first kappa shape index (κ1) is 13.6. The van der Waals surface area contributed by atoms with Crippen molar-refractivity contribution in [2.24, 2.45) is 0 Å². The molecule has 1 N–H and O–H groups in total. The van der Waals surface area contributed by atoms with Crippen LogP contribution in [0.15, 0.2) is 30.3 Å². The molecule has 1 saturated heterocycles. The van der Waals surface area contributed by atoms with E-state index in [0.29, 0.717) is 6.54 Å². The van der Waals surface area contributed by atoms with Crippen molar-refractivity contribution in [1.29, 1.82) is 0 Å². The van der Waals surface area contributed by atoms with Gasteiger partial charge >= 0.3 is 0 Å². The number of nitrogens with zero attached hydrogens (tertiary/aromatic N) is 1. The predicted molar refractivity (Wildman–Crippen MR) is 76.6 cm³/mol. The van der Waals surface area contributed by atoms with Crippen LogP contribution in [0.5, 0.6) is 0 Å². The Hall–Kier alpha value is -1.79. The quantitative estimate of drug-likeness (QED) is 0.816.